The molecule has 2 fully saturated rings. The molecule has 3 aromatic rings. The van der Waals surface area contributed by atoms with E-state index in [9.17, 15) is 9.59 Å². The Labute approximate surface area is 199 Å². The van der Waals surface area contributed by atoms with Crippen molar-refractivity contribution < 1.29 is 14.3 Å². The molecule has 1 amide bonds. The summed E-state index contributed by atoms with van der Waals surface area (Å²) in [4.78, 5) is 30.6. The van der Waals surface area contributed by atoms with Gasteiger partial charge in [0.15, 0.2) is 0 Å². The molecule has 0 bridgehead atoms. The third kappa shape index (κ3) is 4.50. The van der Waals surface area contributed by atoms with Crippen LogP contribution >= 0.6 is 0 Å². The second kappa shape index (κ2) is 9.68. The summed E-state index contributed by atoms with van der Waals surface area (Å²) in [6.45, 7) is 6.75. The quantitative estimate of drug-likeness (QED) is 0.629. The Morgan fingerprint density at radius 1 is 1.06 bits per heavy atom. The highest BCUT2D eigenvalue weighted by Gasteiger charge is 2.20. The fraction of sp³-hybridized carbons (Fsp3) is 0.444. The average molecular weight is 462 g/mol. The minimum atomic E-state index is -0.0699. The topological polar surface area (TPSA) is 82.5 Å². The number of benzene rings is 2. The van der Waals surface area contributed by atoms with E-state index in [-0.39, 0.29) is 23.6 Å². The number of hydrogen-bond donors (Lipinski definition) is 1. The molecule has 5 rings (SSSR count). The van der Waals surface area contributed by atoms with Crippen molar-refractivity contribution >= 4 is 16.8 Å². The summed E-state index contributed by atoms with van der Waals surface area (Å²) in [5.41, 5.74) is 5.82. The Morgan fingerprint density at radius 2 is 1.79 bits per heavy atom. The third-order valence-electron chi connectivity index (χ3n) is 7.21. The minimum absolute atomic E-state index is 0.0177. The molecule has 1 N–H and O–H groups in total. The molecular weight excluding hydrogens is 430 g/mol. The van der Waals surface area contributed by atoms with E-state index >= 15 is 0 Å². The highest BCUT2D eigenvalue weighted by atomic mass is 16.5. The average Bonchev–Trinajstić information content (AvgIpc) is 3.37. The Hall–Kier alpha value is -3.03. The zero-order valence-electron chi connectivity index (χ0n) is 19.8. The maximum absolute atomic E-state index is 13.4. The molecule has 0 radical (unpaired) electrons. The van der Waals surface area contributed by atoms with Gasteiger partial charge >= 0.3 is 0 Å². The number of nitrogens with zero attached hydrogens (tertiary/aromatic N) is 2. The molecule has 0 spiro atoms. The van der Waals surface area contributed by atoms with Crippen LogP contribution in [0.2, 0.25) is 0 Å². The molecule has 34 heavy (non-hydrogen) atoms. The SMILES string of the molecule is Cc1c(Cc2ccc(C(=O)NC3CCOC3)cc2)cc2c(=O)n(C3CCOCC3)cnc2c1C. The van der Waals surface area contributed by atoms with E-state index in [1.807, 2.05) is 37.3 Å². The Bertz CT molecular complexity index is 1250. The maximum atomic E-state index is 13.4. The molecule has 2 aliphatic heterocycles. The summed E-state index contributed by atoms with van der Waals surface area (Å²) < 4.78 is 12.6. The number of rotatable bonds is 5. The van der Waals surface area contributed by atoms with Crippen LogP contribution in [0.5, 0.6) is 0 Å². The second-order valence-electron chi connectivity index (χ2n) is 9.39. The fourth-order valence-corrected chi connectivity index (χ4v) is 4.93. The van der Waals surface area contributed by atoms with Gasteiger partial charge in [-0.05, 0) is 80.0 Å². The molecule has 1 aromatic heterocycles. The Morgan fingerprint density at radius 3 is 2.50 bits per heavy atom. The zero-order valence-corrected chi connectivity index (χ0v) is 19.8. The zero-order chi connectivity index (χ0) is 23.7. The van der Waals surface area contributed by atoms with Gasteiger partial charge in [0.2, 0.25) is 0 Å². The number of carbonyl (C=O) groups excluding carboxylic acids is 1. The monoisotopic (exact) mass is 461 g/mol. The van der Waals surface area contributed by atoms with Gasteiger partial charge < -0.3 is 14.8 Å². The standard InChI is InChI=1S/C27H31N3O4/c1-17-18(2)25-24(27(32)30(16-28-25)23-8-11-33-12-9-23)14-21(17)13-19-3-5-20(6-4-19)26(31)29-22-7-10-34-15-22/h3-6,14,16,22-23H,7-13,15H2,1-2H3,(H,29,31). The number of aromatic nitrogens is 2. The first-order valence-electron chi connectivity index (χ1n) is 12.1. The van der Waals surface area contributed by atoms with Crippen molar-refractivity contribution in [2.75, 3.05) is 26.4 Å². The van der Waals surface area contributed by atoms with Gasteiger partial charge in [0.25, 0.3) is 11.5 Å². The van der Waals surface area contributed by atoms with Crippen molar-refractivity contribution in [1.29, 1.82) is 0 Å². The van der Waals surface area contributed by atoms with Gasteiger partial charge in [0.1, 0.15) is 0 Å². The fourth-order valence-electron chi connectivity index (χ4n) is 4.93. The molecular formula is C27H31N3O4. The summed E-state index contributed by atoms with van der Waals surface area (Å²) in [6, 6.07) is 9.94. The number of aryl methyl sites for hydroxylation is 1. The number of hydrogen-bond acceptors (Lipinski definition) is 5. The van der Waals surface area contributed by atoms with Crippen LogP contribution in [0, 0.1) is 13.8 Å². The van der Waals surface area contributed by atoms with Crippen LogP contribution in [0.15, 0.2) is 41.5 Å². The largest absolute Gasteiger partial charge is 0.381 e. The summed E-state index contributed by atoms with van der Waals surface area (Å²) in [5.74, 6) is -0.0699. The van der Waals surface area contributed by atoms with E-state index in [1.54, 1.807) is 10.9 Å². The lowest BCUT2D eigenvalue weighted by atomic mass is 9.94. The molecule has 3 heterocycles. The molecule has 2 saturated heterocycles. The van der Waals surface area contributed by atoms with Gasteiger partial charge in [-0.15, -0.1) is 0 Å². The lowest BCUT2D eigenvalue weighted by molar-refractivity contribution is 0.0685. The van der Waals surface area contributed by atoms with E-state index in [0.717, 1.165) is 47.0 Å². The van der Waals surface area contributed by atoms with Crippen LogP contribution in [-0.4, -0.2) is 47.9 Å². The number of fused-ring (bicyclic) bond motifs is 1. The molecule has 0 saturated carbocycles. The number of nitrogens with one attached hydrogen (secondary N) is 1. The lowest BCUT2D eigenvalue weighted by Crippen LogP contribution is -2.34. The molecule has 2 aromatic carbocycles. The Kier molecular flexibility index (Phi) is 6.48. The molecule has 1 atom stereocenters. The smallest absolute Gasteiger partial charge is 0.261 e. The molecule has 7 heteroatoms. The van der Waals surface area contributed by atoms with Crippen LogP contribution < -0.4 is 10.9 Å². The molecule has 178 valence electrons. The molecule has 2 aliphatic rings. The van der Waals surface area contributed by atoms with Crippen LogP contribution in [0.3, 0.4) is 0 Å². The van der Waals surface area contributed by atoms with Gasteiger partial charge in [-0.1, -0.05) is 12.1 Å². The normalized spacial score (nSPS) is 18.9. The predicted octanol–water partition coefficient (Wildman–Crippen LogP) is 3.47. The molecule has 7 nitrogen and oxygen atoms in total. The third-order valence-corrected chi connectivity index (χ3v) is 7.21. The van der Waals surface area contributed by atoms with Crippen LogP contribution in [0.25, 0.3) is 10.9 Å². The Balaban J connectivity index is 1.40. The van der Waals surface area contributed by atoms with Crippen LogP contribution in [0.4, 0.5) is 0 Å². The van der Waals surface area contributed by atoms with Gasteiger partial charge in [0.05, 0.1) is 29.9 Å². The predicted molar refractivity (Wildman–Crippen MR) is 131 cm³/mol. The van der Waals surface area contributed by atoms with Crippen molar-refractivity contribution in [3.05, 3.63) is 74.8 Å². The van der Waals surface area contributed by atoms with Gasteiger partial charge in [-0.25, -0.2) is 4.98 Å². The second-order valence-corrected chi connectivity index (χ2v) is 9.39. The first kappa shape index (κ1) is 22.7. The van der Waals surface area contributed by atoms with Crippen molar-refractivity contribution in [1.82, 2.24) is 14.9 Å². The molecule has 1 unspecified atom stereocenters. The van der Waals surface area contributed by atoms with Crippen molar-refractivity contribution in [2.24, 2.45) is 0 Å². The van der Waals surface area contributed by atoms with Crippen molar-refractivity contribution in [3.8, 4) is 0 Å². The minimum Gasteiger partial charge on any atom is -0.381 e. The van der Waals surface area contributed by atoms with Gasteiger partial charge in [-0.2, -0.15) is 0 Å². The summed E-state index contributed by atoms with van der Waals surface area (Å²) in [7, 11) is 0. The highest BCUT2D eigenvalue weighted by Crippen LogP contribution is 2.25. The van der Waals surface area contributed by atoms with E-state index in [0.29, 0.717) is 43.8 Å². The van der Waals surface area contributed by atoms with E-state index < -0.39 is 0 Å². The summed E-state index contributed by atoms with van der Waals surface area (Å²) in [6.07, 6.45) is 4.91. The summed E-state index contributed by atoms with van der Waals surface area (Å²) in [5, 5.41) is 3.69. The maximum Gasteiger partial charge on any atom is 0.261 e. The van der Waals surface area contributed by atoms with Gasteiger partial charge in [-0.3, -0.25) is 14.2 Å². The number of ether oxygens (including phenoxy) is 2. The molecule has 0 aliphatic carbocycles. The van der Waals surface area contributed by atoms with Crippen LogP contribution in [0.1, 0.15) is 57.9 Å². The van der Waals surface area contributed by atoms with Crippen molar-refractivity contribution in [3.63, 3.8) is 0 Å². The van der Waals surface area contributed by atoms with E-state index in [1.165, 1.54) is 0 Å². The van der Waals surface area contributed by atoms with Crippen LogP contribution in [-0.2, 0) is 15.9 Å². The first-order chi connectivity index (χ1) is 16.5. The lowest BCUT2D eigenvalue weighted by Gasteiger charge is -2.24. The highest BCUT2D eigenvalue weighted by molar-refractivity contribution is 5.94. The van der Waals surface area contributed by atoms with E-state index in [4.69, 9.17) is 9.47 Å². The van der Waals surface area contributed by atoms with E-state index in [2.05, 4.69) is 17.2 Å². The number of carbonyl (C=O) groups is 1. The van der Waals surface area contributed by atoms with Gasteiger partial charge in [0, 0.05) is 31.4 Å². The number of amides is 1. The first-order valence-corrected chi connectivity index (χ1v) is 12.1. The van der Waals surface area contributed by atoms with Crippen molar-refractivity contribution in [2.45, 2.75) is 51.6 Å². The summed E-state index contributed by atoms with van der Waals surface area (Å²) >= 11 is 0.